The number of nitrogens with zero attached hydrogens (tertiary/aromatic N) is 2. The lowest BCUT2D eigenvalue weighted by Gasteiger charge is -2.12. The number of aromatic amines is 2. The van der Waals surface area contributed by atoms with Gasteiger partial charge in [-0.2, -0.15) is 0 Å². The second kappa shape index (κ2) is 7.54. The molecule has 5 rings (SSSR count). The molecule has 8 heteroatoms. The van der Waals surface area contributed by atoms with Crippen molar-refractivity contribution in [3.8, 4) is 0 Å². The van der Waals surface area contributed by atoms with E-state index in [-0.39, 0.29) is 28.4 Å². The summed E-state index contributed by atoms with van der Waals surface area (Å²) in [7, 11) is 0. The molecule has 0 saturated heterocycles. The zero-order chi connectivity index (χ0) is 21.5. The number of pyridine rings is 1. The van der Waals surface area contributed by atoms with E-state index in [1.54, 1.807) is 6.07 Å². The Balaban J connectivity index is 1.47. The van der Waals surface area contributed by atoms with Gasteiger partial charge in [-0.1, -0.05) is 18.2 Å². The van der Waals surface area contributed by atoms with Crippen LogP contribution in [0.1, 0.15) is 47.3 Å². The summed E-state index contributed by atoms with van der Waals surface area (Å²) in [5.74, 6) is -0.0530. The first-order valence-electron chi connectivity index (χ1n) is 10.6. The van der Waals surface area contributed by atoms with E-state index in [4.69, 9.17) is 0 Å². The Labute approximate surface area is 177 Å². The Morgan fingerprint density at radius 2 is 2.06 bits per heavy atom. The van der Waals surface area contributed by atoms with E-state index in [1.165, 1.54) is 4.57 Å². The molecule has 1 aliphatic carbocycles. The van der Waals surface area contributed by atoms with E-state index >= 15 is 0 Å². The monoisotopic (exact) mass is 417 g/mol. The number of amides is 1. The van der Waals surface area contributed by atoms with E-state index in [0.29, 0.717) is 19.5 Å². The highest BCUT2D eigenvalue weighted by atomic mass is 16.2. The third-order valence-electron chi connectivity index (χ3n) is 5.88. The van der Waals surface area contributed by atoms with Gasteiger partial charge >= 0.3 is 5.69 Å². The van der Waals surface area contributed by atoms with Crippen LogP contribution in [0, 0.1) is 0 Å². The van der Waals surface area contributed by atoms with Gasteiger partial charge in [-0.3, -0.25) is 19.1 Å². The molecule has 0 unspecified atom stereocenters. The molecule has 158 valence electrons. The fraction of sp³-hybridized carbons (Fsp3) is 0.304. The maximum Gasteiger partial charge on any atom is 0.329 e. The predicted molar refractivity (Wildman–Crippen MR) is 119 cm³/mol. The van der Waals surface area contributed by atoms with Crippen molar-refractivity contribution in [1.29, 1.82) is 0 Å². The maximum atomic E-state index is 13.1. The lowest BCUT2D eigenvalue weighted by molar-refractivity contribution is 0.0955. The van der Waals surface area contributed by atoms with Gasteiger partial charge in [0.1, 0.15) is 0 Å². The number of H-pyrrole nitrogens is 2. The number of aromatic nitrogens is 4. The minimum absolute atomic E-state index is 0.162. The quantitative estimate of drug-likeness (QED) is 0.447. The maximum absolute atomic E-state index is 13.1. The van der Waals surface area contributed by atoms with Gasteiger partial charge in [0.25, 0.3) is 11.5 Å². The number of hydrogen-bond acceptors (Lipinski definition) is 4. The molecule has 31 heavy (non-hydrogen) atoms. The standard InChI is InChI=1S/C23H23N5O3/c1-2-28-20-19(22(30)27-23(28)31)16(11-18(26-20)13-7-8-13)21(29)24-10-9-14-12-25-17-6-4-3-5-15(14)17/h3-6,11-13,25H,2,7-10H2,1H3,(H,24,29)(H,27,30,31). The molecule has 3 aromatic heterocycles. The molecular weight excluding hydrogens is 394 g/mol. The molecule has 4 aromatic rings. The molecule has 0 spiro atoms. The summed E-state index contributed by atoms with van der Waals surface area (Å²) in [6.45, 7) is 2.59. The van der Waals surface area contributed by atoms with Gasteiger partial charge in [0.05, 0.1) is 10.9 Å². The Bertz CT molecular complexity index is 1420. The van der Waals surface area contributed by atoms with Crippen LogP contribution in [-0.2, 0) is 13.0 Å². The fourth-order valence-corrected chi connectivity index (χ4v) is 4.10. The second-order valence-corrected chi connectivity index (χ2v) is 7.94. The van der Waals surface area contributed by atoms with E-state index in [2.05, 4.69) is 20.3 Å². The number of rotatable bonds is 6. The smallest absolute Gasteiger partial charge is 0.329 e. The predicted octanol–water partition coefficient (Wildman–Crippen LogP) is 2.44. The Morgan fingerprint density at radius 1 is 1.26 bits per heavy atom. The summed E-state index contributed by atoms with van der Waals surface area (Å²) in [5.41, 5.74) is 2.40. The molecule has 1 aliphatic rings. The topological polar surface area (TPSA) is 113 Å². The van der Waals surface area contributed by atoms with E-state index in [0.717, 1.165) is 35.0 Å². The van der Waals surface area contributed by atoms with Crippen molar-refractivity contribution in [2.75, 3.05) is 6.54 Å². The number of carbonyl (C=O) groups excluding carboxylic acids is 1. The number of fused-ring (bicyclic) bond motifs is 2. The first-order chi connectivity index (χ1) is 15.1. The van der Waals surface area contributed by atoms with Gasteiger partial charge in [-0.15, -0.1) is 0 Å². The number of para-hydroxylation sites is 1. The molecule has 1 fully saturated rings. The average molecular weight is 417 g/mol. The van der Waals surface area contributed by atoms with E-state index < -0.39 is 11.2 Å². The molecule has 1 saturated carbocycles. The molecule has 8 nitrogen and oxygen atoms in total. The van der Waals surface area contributed by atoms with Crippen LogP contribution in [0.4, 0.5) is 0 Å². The second-order valence-electron chi connectivity index (χ2n) is 7.94. The van der Waals surface area contributed by atoms with Crippen molar-refractivity contribution in [2.45, 2.75) is 38.6 Å². The Kier molecular flexibility index (Phi) is 4.69. The van der Waals surface area contributed by atoms with Crippen molar-refractivity contribution in [3.05, 3.63) is 74.2 Å². The number of benzene rings is 1. The summed E-state index contributed by atoms with van der Waals surface area (Å²) in [6.07, 6.45) is 4.61. The van der Waals surface area contributed by atoms with Crippen LogP contribution in [-0.4, -0.2) is 32.0 Å². The summed E-state index contributed by atoms with van der Waals surface area (Å²) < 4.78 is 1.41. The van der Waals surface area contributed by atoms with Crippen molar-refractivity contribution >= 4 is 27.8 Å². The van der Waals surface area contributed by atoms with E-state index in [1.807, 2.05) is 37.4 Å². The number of carbonyl (C=O) groups is 1. The normalized spacial score (nSPS) is 13.7. The van der Waals surface area contributed by atoms with Crippen molar-refractivity contribution < 1.29 is 4.79 Å². The Morgan fingerprint density at radius 3 is 2.84 bits per heavy atom. The highest BCUT2D eigenvalue weighted by Crippen LogP contribution is 2.39. The molecule has 1 amide bonds. The SMILES string of the molecule is CCn1c(=O)[nH]c(=O)c2c(C(=O)NCCc3c[nH]c4ccccc34)cc(C3CC3)nc21. The van der Waals surface area contributed by atoms with E-state index in [9.17, 15) is 14.4 Å². The third-order valence-corrected chi connectivity index (χ3v) is 5.88. The van der Waals surface area contributed by atoms with Gasteiger partial charge in [-0.05, 0) is 43.9 Å². The molecule has 0 radical (unpaired) electrons. The molecule has 3 N–H and O–H groups in total. The highest BCUT2D eigenvalue weighted by Gasteiger charge is 2.28. The molecule has 0 atom stereocenters. The summed E-state index contributed by atoms with van der Waals surface area (Å²) in [4.78, 5) is 48.1. The highest BCUT2D eigenvalue weighted by molar-refractivity contribution is 6.05. The fourth-order valence-electron chi connectivity index (χ4n) is 4.10. The van der Waals surface area contributed by atoms with Crippen molar-refractivity contribution in [2.24, 2.45) is 0 Å². The van der Waals surface area contributed by atoms with Gasteiger partial charge < -0.3 is 10.3 Å². The van der Waals surface area contributed by atoms with Gasteiger partial charge in [0.15, 0.2) is 5.65 Å². The molecule has 1 aromatic carbocycles. The van der Waals surface area contributed by atoms with Crippen LogP contribution in [0.25, 0.3) is 21.9 Å². The van der Waals surface area contributed by atoms with Crippen LogP contribution in [0.2, 0.25) is 0 Å². The first kappa shape index (κ1) is 19.3. The summed E-state index contributed by atoms with van der Waals surface area (Å²) in [6, 6.07) is 9.73. The van der Waals surface area contributed by atoms with Crippen LogP contribution in [0.15, 0.2) is 46.1 Å². The minimum Gasteiger partial charge on any atom is -0.361 e. The summed E-state index contributed by atoms with van der Waals surface area (Å²) in [5, 5.41) is 4.23. The number of nitrogens with one attached hydrogen (secondary N) is 3. The minimum atomic E-state index is -0.582. The van der Waals surface area contributed by atoms with Crippen LogP contribution in [0.5, 0.6) is 0 Å². The number of aryl methyl sites for hydroxylation is 1. The zero-order valence-corrected chi connectivity index (χ0v) is 17.2. The lowest BCUT2D eigenvalue weighted by Crippen LogP contribution is -2.33. The van der Waals surface area contributed by atoms with Gasteiger partial charge in [-0.25, -0.2) is 9.78 Å². The largest absolute Gasteiger partial charge is 0.361 e. The molecular formula is C23H23N5O3. The molecule has 0 bridgehead atoms. The van der Waals surface area contributed by atoms with Crippen molar-refractivity contribution in [1.82, 2.24) is 24.8 Å². The van der Waals surface area contributed by atoms with Crippen LogP contribution in [0.3, 0.4) is 0 Å². The summed E-state index contributed by atoms with van der Waals surface area (Å²) >= 11 is 0. The lowest BCUT2D eigenvalue weighted by atomic mass is 10.1. The Hall–Kier alpha value is -3.68. The van der Waals surface area contributed by atoms with Crippen LogP contribution < -0.4 is 16.6 Å². The van der Waals surface area contributed by atoms with Gasteiger partial charge in [0, 0.05) is 41.8 Å². The number of hydrogen-bond donors (Lipinski definition) is 3. The average Bonchev–Trinajstić information content (AvgIpc) is 3.54. The molecule has 0 aliphatic heterocycles. The third kappa shape index (κ3) is 3.43. The zero-order valence-electron chi connectivity index (χ0n) is 17.2. The molecule has 3 heterocycles. The van der Waals surface area contributed by atoms with Crippen LogP contribution >= 0.6 is 0 Å². The van der Waals surface area contributed by atoms with Gasteiger partial charge in [0.2, 0.25) is 0 Å². The van der Waals surface area contributed by atoms with Crippen molar-refractivity contribution in [3.63, 3.8) is 0 Å². The first-order valence-corrected chi connectivity index (χ1v) is 10.6.